The highest BCUT2D eigenvalue weighted by Crippen LogP contribution is 2.48. The number of carbonyl (C=O) groups is 2. The summed E-state index contributed by atoms with van der Waals surface area (Å²) in [6.45, 7) is 5.41. The van der Waals surface area contributed by atoms with Gasteiger partial charge in [0.2, 0.25) is 0 Å². The van der Waals surface area contributed by atoms with E-state index < -0.39 is 11.9 Å². The van der Waals surface area contributed by atoms with E-state index in [9.17, 15) is 14.7 Å². The van der Waals surface area contributed by atoms with Crippen LogP contribution in [-0.2, 0) is 4.79 Å². The second kappa shape index (κ2) is 5.00. The number of urea groups is 1. The van der Waals surface area contributed by atoms with E-state index in [1.165, 1.54) is 0 Å². The average molecular weight is 252 g/mol. The largest absolute Gasteiger partial charge is 0.481 e. The van der Waals surface area contributed by atoms with E-state index in [0.29, 0.717) is 5.92 Å². The summed E-state index contributed by atoms with van der Waals surface area (Å²) >= 11 is 0. The molecule has 5 atom stereocenters. The van der Waals surface area contributed by atoms with Gasteiger partial charge in [-0.2, -0.15) is 0 Å². The Hall–Kier alpha value is -1.52. The topological polar surface area (TPSA) is 78.4 Å². The number of hydrogen-bond acceptors (Lipinski definition) is 2. The minimum absolute atomic E-state index is 0.119. The first-order chi connectivity index (χ1) is 8.52. The Morgan fingerprint density at radius 1 is 1.39 bits per heavy atom. The Balaban J connectivity index is 1.97. The van der Waals surface area contributed by atoms with E-state index >= 15 is 0 Å². The molecule has 2 saturated carbocycles. The highest BCUT2D eigenvalue weighted by atomic mass is 16.4. The van der Waals surface area contributed by atoms with Crippen molar-refractivity contribution in [3.63, 3.8) is 0 Å². The van der Waals surface area contributed by atoms with Crippen molar-refractivity contribution in [2.45, 2.75) is 38.3 Å². The summed E-state index contributed by atoms with van der Waals surface area (Å²) in [4.78, 5) is 23.0. The fourth-order valence-electron chi connectivity index (χ4n) is 3.31. The van der Waals surface area contributed by atoms with E-state index in [-0.39, 0.29) is 24.0 Å². The predicted molar refractivity (Wildman–Crippen MR) is 67.1 cm³/mol. The third kappa shape index (κ3) is 2.35. The van der Waals surface area contributed by atoms with Crippen LogP contribution < -0.4 is 10.6 Å². The van der Waals surface area contributed by atoms with Crippen LogP contribution in [0, 0.1) is 17.8 Å². The smallest absolute Gasteiger partial charge is 0.315 e. The van der Waals surface area contributed by atoms with Crippen LogP contribution in [0.5, 0.6) is 0 Å². The number of aliphatic carboxylic acids is 1. The molecule has 0 heterocycles. The first-order valence-electron chi connectivity index (χ1n) is 6.45. The van der Waals surface area contributed by atoms with Gasteiger partial charge in [-0.1, -0.05) is 6.08 Å². The van der Waals surface area contributed by atoms with Crippen molar-refractivity contribution >= 4 is 12.0 Å². The summed E-state index contributed by atoms with van der Waals surface area (Å²) in [7, 11) is 0. The lowest BCUT2D eigenvalue weighted by Gasteiger charge is -2.29. The lowest BCUT2D eigenvalue weighted by atomic mass is 9.84. The molecule has 2 aliphatic carbocycles. The molecule has 0 aliphatic heterocycles. The fraction of sp³-hybridized carbons (Fsp3) is 0.692. The monoisotopic (exact) mass is 252 g/mol. The molecule has 0 spiro atoms. The quantitative estimate of drug-likeness (QED) is 0.661. The van der Waals surface area contributed by atoms with Crippen LogP contribution in [-0.4, -0.2) is 29.2 Å². The minimum atomic E-state index is -0.788. The molecule has 0 aromatic rings. The lowest BCUT2D eigenvalue weighted by molar-refractivity contribution is -0.144. The SMILES string of the molecule is C=CC(C)NC(=O)NC1C2CCC(C2)C1C(=O)O. The average Bonchev–Trinajstić information content (AvgIpc) is 2.88. The first kappa shape index (κ1) is 12.9. The Kier molecular flexibility index (Phi) is 3.59. The van der Waals surface area contributed by atoms with Crippen LogP contribution in [0.3, 0.4) is 0 Å². The highest BCUT2D eigenvalue weighted by molar-refractivity contribution is 5.77. The van der Waals surface area contributed by atoms with Gasteiger partial charge in [-0.05, 0) is 38.0 Å². The summed E-state index contributed by atoms with van der Waals surface area (Å²) in [5, 5.41) is 14.8. The van der Waals surface area contributed by atoms with Crippen LogP contribution in [0.15, 0.2) is 12.7 Å². The van der Waals surface area contributed by atoms with E-state index in [1.807, 2.05) is 6.92 Å². The van der Waals surface area contributed by atoms with Gasteiger partial charge in [-0.25, -0.2) is 4.79 Å². The van der Waals surface area contributed by atoms with Gasteiger partial charge in [0.15, 0.2) is 0 Å². The molecule has 0 aromatic carbocycles. The Morgan fingerprint density at radius 2 is 2.06 bits per heavy atom. The molecular formula is C13H20N2O3. The number of hydrogen-bond donors (Lipinski definition) is 3. The van der Waals surface area contributed by atoms with E-state index in [0.717, 1.165) is 19.3 Å². The molecule has 5 nitrogen and oxygen atoms in total. The molecule has 2 bridgehead atoms. The van der Waals surface area contributed by atoms with E-state index in [2.05, 4.69) is 17.2 Å². The highest BCUT2D eigenvalue weighted by Gasteiger charge is 2.51. The summed E-state index contributed by atoms with van der Waals surface area (Å²) in [6.07, 6.45) is 4.56. The van der Waals surface area contributed by atoms with Crippen LogP contribution in [0.1, 0.15) is 26.2 Å². The molecule has 0 radical (unpaired) electrons. The summed E-state index contributed by atoms with van der Waals surface area (Å²) in [5.74, 6) is -0.659. The number of fused-ring (bicyclic) bond motifs is 2. The van der Waals surface area contributed by atoms with Crippen LogP contribution in [0.2, 0.25) is 0 Å². The molecule has 3 N–H and O–H groups in total. The standard InChI is InChI=1S/C13H20N2O3/c1-3-7(2)14-13(18)15-11-9-5-4-8(6-9)10(11)12(16)17/h3,7-11H,1,4-6H2,2H3,(H,16,17)(H2,14,15,18). The van der Waals surface area contributed by atoms with Crippen molar-refractivity contribution in [2.75, 3.05) is 0 Å². The maximum Gasteiger partial charge on any atom is 0.315 e. The number of rotatable bonds is 4. The van der Waals surface area contributed by atoms with Crippen LogP contribution in [0.25, 0.3) is 0 Å². The Morgan fingerprint density at radius 3 is 2.67 bits per heavy atom. The zero-order valence-corrected chi connectivity index (χ0v) is 10.6. The summed E-state index contributed by atoms with van der Waals surface area (Å²) < 4.78 is 0. The maximum atomic E-state index is 11.7. The molecule has 5 unspecified atom stereocenters. The summed E-state index contributed by atoms with van der Waals surface area (Å²) in [6, 6.07) is -0.642. The van der Waals surface area contributed by atoms with Crippen molar-refractivity contribution in [3.8, 4) is 0 Å². The molecule has 0 saturated heterocycles. The van der Waals surface area contributed by atoms with Crippen LogP contribution in [0.4, 0.5) is 4.79 Å². The molecule has 2 fully saturated rings. The van der Waals surface area contributed by atoms with Gasteiger partial charge in [0.1, 0.15) is 0 Å². The van der Waals surface area contributed by atoms with Gasteiger partial charge >= 0.3 is 12.0 Å². The predicted octanol–water partition coefficient (Wildman–Crippen LogP) is 1.36. The molecule has 18 heavy (non-hydrogen) atoms. The molecule has 100 valence electrons. The zero-order valence-electron chi connectivity index (χ0n) is 10.6. The lowest BCUT2D eigenvalue weighted by Crippen LogP contribution is -2.51. The number of carboxylic acids is 1. The normalized spacial score (nSPS) is 34.9. The molecule has 0 aromatic heterocycles. The van der Waals surface area contributed by atoms with Crippen molar-refractivity contribution < 1.29 is 14.7 Å². The third-order valence-corrected chi connectivity index (χ3v) is 4.21. The van der Waals surface area contributed by atoms with Gasteiger partial charge in [-0.15, -0.1) is 6.58 Å². The van der Waals surface area contributed by atoms with Gasteiger partial charge < -0.3 is 15.7 Å². The first-order valence-corrected chi connectivity index (χ1v) is 6.45. The molecule has 5 heteroatoms. The van der Waals surface area contributed by atoms with Gasteiger partial charge in [-0.3, -0.25) is 4.79 Å². The minimum Gasteiger partial charge on any atom is -0.481 e. The molecule has 2 aliphatic rings. The maximum absolute atomic E-state index is 11.7. The second-order valence-electron chi connectivity index (χ2n) is 5.37. The number of carbonyl (C=O) groups excluding carboxylic acids is 1. The van der Waals surface area contributed by atoms with Gasteiger partial charge in [0.05, 0.1) is 5.92 Å². The number of amides is 2. The Labute approximate surface area is 107 Å². The number of nitrogens with one attached hydrogen (secondary N) is 2. The second-order valence-corrected chi connectivity index (χ2v) is 5.37. The third-order valence-electron chi connectivity index (χ3n) is 4.21. The van der Waals surface area contributed by atoms with Crippen molar-refractivity contribution in [2.24, 2.45) is 17.8 Å². The van der Waals surface area contributed by atoms with Crippen molar-refractivity contribution in [1.29, 1.82) is 0 Å². The van der Waals surface area contributed by atoms with E-state index in [1.54, 1.807) is 6.08 Å². The van der Waals surface area contributed by atoms with Gasteiger partial charge in [0, 0.05) is 12.1 Å². The molecular weight excluding hydrogens is 232 g/mol. The summed E-state index contributed by atoms with van der Waals surface area (Å²) in [5.41, 5.74) is 0. The Bertz CT molecular complexity index is 369. The zero-order chi connectivity index (χ0) is 13.3. The molecule has 2 rings (SSSR count). The van der Waals surface area contributed by atoms with Crippen molar-refractivity contribution in [3.05, 3.63) is 12.7 Å². The van der Waals surface area contributed by atoms with Crippen LogP contribution >= 0.6 is 0 Å². The van der Waals surface area contributed by atoms with Crippen molar-refractivity contribution in [1.82, 2.24) is 10.6 Å². The fourth-order valence-corrected chi connectivity index (χ4v) is 3.31. The number of carboxylic acid groups (broad SMARTS) is 1. The van der Waals surface area contributed by atoms with E-state index in [4.69, 9.17) is 0 Å². The van der Waals surface area contributed by atoms with Gasteiger partial charge in [0.25, 0.3) is 0 Å². The molecule has 2 amide bonds.